The lowest BCUT2D eigenvalue weighted by Gasteiger charge is -2.13. The zero-order valence-electron chi connectivity index (χ0n) is 17.1. The van der Waals surface area contributed by atoms with Gasteiger partial charge >= 0.3 is 6.03 Å². The third-order valence-corrected chi connectivity index (χ3v) is 5.21. The molecule has 4 amide bonds. The van der Waals surface area contributed by atoms with Crippen LogP contribution in [0.5, 0.6) is 17.2 Å². The van der Waals surface area contributed by atoms with Gasteiger partial charge in [-0.1, -0.05) is 24.3 Å². The highest BCUT2D eigenvalue weighted by molar-refractivity contribution is 6.04. The standard InChI is InChI=1S/C22H23N3O6/c1-29-17-5-3-2-4-15(17)11-23-20(26)9-7-16-21(27)25(22(28)24-16)12-14-6-8-18-19(10-14)31-13-30-18/h2-6,8,10,16H,7,9,11-13H2,1H3,(H,23,26)(H,24,28). The summed E-state index contributed by atoms with van der Waals surface area (Å²) < 4.78 is 15.9. The molecule has 9 heteroatoms. The highest BCUT2D eigenvalue weighted by Gasteiger charge is 2.38. The molecule has 2 aromatic rings. The van der Waals surface area contributed by atoms with E-state index < -0.39 is 12.1 Å². The molecule has 1 atom stereocenters. The van der Waals surface area contributed by atoms with Gasteiger partial charge in [0.05, 0.1) is 13.7 Å². The number of amides is 4. The van der Waals surface area contributed by atoms with E-state index in [9.17, 15) is 14.4 Å². The van der Waals surface area contributed by atoms with Crippen molar-refractivity contribution in [3.05, 3.63) is 53.6 Å². The first-order chi connectivity index (χ1) is 15.0. The molecule has 1 saturated heterocycles. The average Bonchev–Trinajstić information content (AvgIpc) is 3.35. The predicted octanol–water partition coefficient (Wildman–Crippen LogP) is 1.94. The number of urea groups is 1. The van der Waals surface area contributed by atoms with Crippen molar-refractivity contribution >= 4 is 17.8 Å². The number of benzene rings is 2. The minimum atomic E-state index is -0.724. The topological polar surface area (TPSA) is 106 Å². The van der Waals surface area contributed by atoms with Gasteiger partial charge in [-0.25, -0.2) is 4.79 Å². The number of imide groups is 1. The maximum atomic E-state index is 12.7. The van der Waals surface area contributed by atoms with Crippen LogP contribution in [0.15, 0.2) is 42.5 Å². The van der Waals surface area contributed by atoms with Crippen LogP contribution in [0, 0.1) is 0 Å². The third-order valence-electron chi connectivity index (χ3n) is 5.21. The zero-order chi connectivity index (χ0) is 21.8. The number of methoxy groups -OCH3 is 1. The van der Waals surface area contributed by atoms with E-state index in [-0.39, 0.29) is 38.0 Å². The van der Waals surface area contributed by atoms with E-state index >= 15 is 0 Å². The monoisotopic (exact) mass is 425 g/mol. The van der Waals surface area contributed by atoms with Crippen LogP contribution in [-0.2, 0) is 22.7 Å². The smallest absolute Gasteiger partial charge is 0.325 e. The van der Waals surface area contributed by atoms with Crippen LogP contribution in [0.1, 0.15) is 24.0 Å². The van der Waals surface area contributed by atoms with Crippen LogP contribution in [-0.4, -0.2) is 42.7 Å². The van der Waals surface area contributed by atoms with E-state index in [0.717, 1.165) is 16.0 Å². The summed E-state index contributed by atoms with van der Waals surface area (Å²) >= 11 is 0. The largest absolute Gasteiger partial charge is 0.496 e. The number of hydrogen-bond acceptors (Lipinski definition) is 6. The molecule has 162 valence electrons. The van der Waals surface area contributed by atoms with E-state index in [4.69, 9.17) is 14.2 Å². The molecule has 0 aliphatic carbocycles. The number of nitrogens with zero attached hydrogens (tertiary/aromatic N) is 1. The Balaban J connectivity index is 1.28. The number of carbonyl (C=O) groups is 3. The van der Waals surface area contributed by atoms with Gasteiger partial charge < -0.3 is 24.8 Å². The molecule has 0 spiro atoms. The minimum absolute atomic E-state index is 0.115. The van der Waals surface area contributed by atoms with Crippen molar-refractivity contribution in [2.75, 3.05) is 13.9 Å². The van der Waals surface area contributed by atoms with Crippen LogP contribution in [0.2, 0.25) is 0 Å². The van der Waals surface area contributed by atoms with Crippen molar-refractivity contribution in [3.63, 3.8) is 0 Å². The van der Waals surface area contributed by atoms with Gasteiger partial charge in [-0.2, -0.15) is 0 Å². The van der Waals surface area contributed by atoms with Gasteiger partial charge in [-0.05, 0) is 30.2 Å². The summed E-state index contributed by atoms with van der Waals surface area (Å²) in [5.74, 6) is 1.37. The quantitative estimate of drug-likeness (QED) is 0.626. The van der Waals surface area contributed by atoms with E-state index in [1.165, 1.54) is 0 Å². The van der Waals surface area contributed by atoms with Crippen molar-refractivity contribution in [3.8, 4) is 17.2 Å². The predicted molar refractivity (Wildman–Crippen MR) is 110 cm³/mol. The van der Waals surface area contributed by atoms with Crippen LogP contribution in [0.25, 0.3) is 0 Å². The molecule has 0 saturated carbocycles. The Hall–Kier alpha value is -3.75. The van der Waals surface area contributed by atoms with Crippen molar-refractivity contribution in [2.24, 2.45) is 0 Å². The fourth-order valence-corrected chi connectivity index (χ4v) is 3.55. The van der Waals surface area contributed by atoms with Crippen LogP contribution < -0.4 is 24.8 Å². The van der Waals surface area contributed by atoms with E-state index in [1.807, 2.05) is 24.3 Å². The number of fused-ring (bicyclic) bond motifs is 1. The van der Waals surface area contributed by atoms with Gasteiger partial charge in [0.15, 0.2) is 11.5 Å². The molecular weight excluding hydrogens is 402 g/mol. The molecule has 9 nitrogen and oxygen atoms in total. The molecule has 2 aromatic carbocycles. The lowest BCUT2D eigenvalue weighted by molar-refractivity contribution is -0.128. The zero-order valence-corrected chi connectivity index (χ0v) is 17.1. The lowest BCUT2D eigenvalue weighted by Crippen LogP contribution is -2.32. The number of hydrogen-bond donors (Lipinski definition) is 2. The third kappa shape index (κ3) is 4.55. The average molecular weight is 425 g/mol. The number of para-hydroxylation sites is 1. The molecule has 0 aromatic heterocycles. The molecule has 2 N–H and O–H groups in total. The number of ether oxygens (including phenoxy) is 3. The summed E-state index contributed by atoms with van der Waals surface area (Å²) in [5, 5.41) is 5.47. The van der Waals surface area contributed by atoms with Crippen LogP contribution in [0.4, 0.5) is 4.79 Å². The van der Waals surface area contributed by atoms with E-state index in [1.54, 1.807) is 25.3 Å². The maximum Gasteiger partial charge on any atom is 0.325 e. The Morgan fingerprint density at radius 3 is 2.84 bits per heavy atom. The maximum absolute atomic E-state index is 12.7. The van der Waals surface area contributed by atoms with Crippen molar-refractivity contribution in [1.29, 1.82) is 0 Å². The summed E-state index contributed by atoms with van der Waals surface area (Å²) in [6.07, 6.45) is 0.337. The molecule has 1 unspecified atom stereocenters. The summed E-state index contributed by atoms with van der Waals surface area (Å²) in [6.45, 7) is 0.602. The summed E-state index contributed by atoms with van der Waals surface area (Å²) in [6, 6.07) is 11.5. The molecule has 2 aliphatic heterocycles. The summed E-state index contributed by atoms with van der Waals surface area (Å²) in [7, 11) is 1.57. The highest BCUT2D eigenvalue weighted by atomic mass is 16.7. The van der Waals surface area contributed by atoms with Crippen LogP contribution in [0.3, 0.4) is 0 Å². The van der Waals surface area contributed by atoms with Crippen molar-refractivity contribution < 1.29 is 28.6 Å². The Morgan fingerprint density at radius 1 is 1.19 bits per heavy atom. The molecule has 31 heavy (non-hydrogen) atoms. The summed E-state index contributed by atoms with van der Waals surface area (Å²) in [5.41, 5.74) is 1.61. The first-order valence-corrected chi connectivity index (χ1v) is 9.94. The normalized spacial score (nSPS) is 16.9. The Kier molecular flexibility index (Phi) is 5.92. The SMILES string of the molecule is COc1ccccc1CNC(=O)CCC1NC(=O)N(Cc2ccc3c(c2)OCO3)C1=O. The second kappa shape index (κ2) is 8.95. The molecule has 1 fully saturated rings. The number of carbonyl (C=O) groups excluding carboxylic acids is 3. The first-order valence-electron chi connectivity index (χ1n) is 9.94. The molecule has 0 bridgehead atoms. The Bertz CT molecular complexity index is 1010. The molecule has 2 heterocycles. The van der Waals surface area contributed by atoms with Crippen molar-refractivity contribution in [1.82, 2.24) is 15.5 Å². The molecule has 0 radical (unpaired) electrons. The van der Waals surface area contributed by atoms with Gasteiger partial charge in [0.2, 0.25) is 12.7 Å². The van der Waals surface area contributed by atoms with Gasteiger partial charge in [-0.3, -0.25) is 14.5 Å². The number of nitrogens with one attached hydrogen (secondary N) is 2. The molecule has 2 aliphatic rings. The van der Waals surface area contributed by atoms with Gasteiger partial charge in [0, 0.05) is 18.5 Å². The Morgan fingerprint density at radius 2 is 2.00 bits per heavy atom. The fourth-order valence-electron chi connectivity index (χ4n) is 3.55. The molecular formula is C22H23N3O6. The second-order valence-electron chi connectivity index (χ2n) is 7.24. The molecule has 4 rings (SSSR count). The lowest BCUT2D eigenvalue weighted by atomic mass is 10.1. The first kappa shape index (κ1) is 20.5. The van der Waals surface area contributed by atoms with E-state index in [2.05, 4.69) is 10.6 Å². The highest BCUT2D eigenvalue weighted by Crippen LogP contribution is 2.33. The Labute approximate surface area is 179 Å². The van der Waals surface area contributed by atoms with Gasteiger partial charge in [0.1, 0.15) is 11.8 Å². The summed E-state index contributed by atoms with van der Waals surface area (Å²) in [4.78, 5) is 38.3. The van der Waals surface area contributed by atoms with Gasteiger partial charge in [-0.15, -0.1) is 0 Å². The fraction of sp³-hybridized carbons (Fsp3) is 0.318. The van der Waals surface area contributed by atoms with Crippen molar-refractivity contribution in [2.45, 2.75) is 32.0 Å². The van der Waals surface area contributed by atoms with E-state index in [0.29, 0.717) is 23.8 Å². The minimum Gasteiger partial charge on any atom is -0.496 e. The van der Waals surface area contributed by atoms with Gasteiger partial charge in [0.25, 0.3) is 5.91 Å². The number of rotatable bonds is 8. The second-order valence-corrected chi connectivity index (χ2v) is 7.24. The van der Waals surface area contributed by atoms with Crippen LogP contribution >= 0.6 is 0 Å².